The Balaban J connectivity index is 1.66. The van der Waals surface area contributed by atoms with Gasteiger partial charge in [-0.05, 0) is 24.5 Å². The average Bonchev–Trinajstić information content (AvgIpc) is 3.29. The van der Waals surface area contributed by atoms with Gasteiger partial charge >= 0.3 is 0 Å². The Morgan fingerprint density at radius 3 is 2.88 bits per heavy atom. The summed E-state index contributed by atoms with van der Waals surface area (Å²) in [5.74, 6) is 1.04. The van der Waals surface area contributed by atoms with Crippen LogP contribution < -0.4 is 11.1 Å². The fraction of sp³-hybridized carbons (Fsp3) is 0.421. The van der Waals surface area contributed by atoms with Crippen molar-refractivity contribution in [3.05, 3.63) is 36.1 Å². The molecule has 0 spiro atoms. The number of carbonyl (C=O) groups is 1. The van der Waals surface area contributed by atoms with Crippen molar-refractivity contribution in [1.82, 2.24) is 14.5 Å². The second-order valence-corrected chi connectivity index (χ2v) is 7.84. The summed E-state index contributed by atoms with van der Waals surface area (Å²) in [6.45, 7) is 0. The quantitative estimate of drug-likeness (QED) is 0.705. The van der Waals surface area contributed by atoms with Crippen LogP contribution in [0.25, 0.3) is 10.9 Å². The molecule has 3 aromatic rings. The maximum absolute atomic E-state index is 13.1. The molecule has 7 heteroatoms. The van der Waals surface area contributed by atoms with Crippen molar-refractivity contribution >= 4 is 39.1 Å². The van der Waals surface area contributed by atoms with Crippen molar-refractivity contribution in [3.8, 4) is 0 Å². The van der Waals surface area contributed by atoms with Crippen LogP contribution in [0.3, 0.4) is 0 Å². The van der Waals surface area contributed by atoms with Gasteiger partial charge in [0.25, 0.3) is 0 Å². The normalized spacial score (nSPS) is 16.6. The molecule has 3 aromatic heterocycles. The number of nitrogens with two attached hydrogens (primary N) is 1. The van der Waals surface area contributed by atoms with Crippen LogP contribution in [0.1, 0.15) is 44.6 Å². The van der Waals surface area contributed by atoms with E-state index in [2.05, 4.69) is 15.3 Å². The Labute approximate surface area is 156 Å². The first-order chi connectivity index (χ1) is 12.7. The highest BCUT2D eigenvalue weighted by Crippen LogP contribution is 2.34. The number of thiazole rings is 1. The van der Waals surface area contributed by atoms with Crippen molar-refractivity contribution in [2.75, 3.05) is 11.1 Å². The summed E-state index contributed by atoms with van der Waals surface area (Å²) in [5, 5.41) is 6.39. The summed E-state index contributed by atoms with van der Waals surface area (Å²) in [4.78, 5) is 21.6. The monoisotopic (exact) mass is 369 g/mol. The molecule has 0 radical (unpaired) electrons. The Morgan fingerprint density at radius 1 is 1.31 bits per heavy atom. The fourth-order valence-corrected chi connectivity index (χ4v) is 4.43. The number of aromatic nitrogens is 3. The predicted octanol–water partition coefficient (Wildman–Crippen LogP) is 4.23. The molecule has 0 aliphatic heterocycles. The number of anilines is 2. The number of nitrogen functional groups attached to an aromatic ring is 1. The summed E-state index contributed by atoms with van der Waals surface area (Å²) in [5.41, 5.74) is 7.12. The molecule has 136 valence electrons. The third kappa shape index (κ3) is 3.44. The van der Waals surface area contributed by atoms with Crippen molar-refractivity contribution in [2.45, 2.75) is 44.6 Å². The molecule has 1 saturated carbocycles. The maximum atomic E-state index is 13.1. The molecule has 0 saturated heterocycles. The van der Waals surface area contributed by atoms with Crippen molar-refractivity contribution < 1.29 is 4.79 Å². The zero-order valence-electron chi connectivity index (χ0n) is 14.6. The summed E-state index contributed by atoms with van der Waals surface area (Å²) in [6, 6.07) is 3.51. The van der Waals surface area contributed by atoms with E-state index in [-0.39, 0.29) is 11.9 Å². The Bertz CT molecular complexity index is 883. The molecule has 1 aliphatic rings. The van der Waals surface area contributed by atoms with Gasteiger partial charge in [-0.25, -0.2) is 4.98 Å². The molecule has 1 fully saturated rings. The van der Waals surface area contributed by atoms with E-state index < -0.39 is 0 Å². The molecule has 0 aromatic carbocycles. The van der Waals surface area contributed by atoms with Gasteiger partial charge in [0, 0.05) is 29.4 Å². The molecular weight excluding hydrogens is 346 g/mol. The van der Waals surface area contributed by atoms with E-state index in [0.29, 0.717) is 16.9 Å². The van der Waals surface area contributed by atoms with Gasteiger partial charge in [-0.15, -0.1) is 11.3 Å². The first-order valence-electron chi connectivity index (χ1n) is 9.14. The van der Waals surface area contributed by atoms with Crippen LogP contribution in [-0.4, -0.2) is 20.4 Å². The minimum absolute atomic E-state index is 0.0578. The van der Waals surface area contributed by atoms with Gasteiger partial charge in [-0.1, -0.05) is 32.1 Å². The minimum atomic E-state index is -0.351. The van der Waals surface area contributed by atoms with Gasteiger partial charge in [0.05, 0.1) is 0 Å². The smallest absolute Gasteiger partial charge is 0.249 e. The Morgan fingerprint density at radius 2 is 2.15 bits per heavy atom. The molecule has 3 N–H and O–H groups in total. The third-order valence-corrected chi connectivity index (χ3v) is 5.91. The molecule has 1 atom stereocenters. The number of carbonyl (C=O) groups excluding carboxylic acids is 1. The number of pyridine rings is 1. The molecule has 1 unspecified atom stereocenters. The highest BCUT2D eigenvalue weighted by Gasteiger charge is 2.28. The molecule has 26 heavy (non-hydrogen) atoms. The van der Waals surface area contributed by atoms with Crippen molar-refractivity contribution in [3.63, 3.8) is 0 Å². The lowest BCUT2D eigenvalue weighted by atomic mass is 9.84. The highest BCUT2D eigenvalue weighted by atomic mass is 32.1. The van der Waals surface area contributed by atoms with Gasteiger partial charge in [0.2, 0.25) is 5.91 Å². The zero-order chi connectivity index (χ0) is 17.9. The van der Waals surface area contributed by atoms with E-state index in [9.17, 15) is 4.79 Å². The first-order valence-corrected chi connectivity index (χ1v) is 10.0. The average molecular weight is 369 g/mol. The SMILES string of the molecule is Nc1c2ncccc2cn1C(CC1CCCCC1)C(=O)Nc1nccs1. The van der Waals surface area contributed by atoms with Crippen LogP contribution in [-0.2, 0) is 4.79 Å². The fourth-order valence-electron chi connectivity index (χ4n) is 3.89. The topological polar surface area (TPSA) is 85.8 Å². The lowest BCUT2D eigenvalue weighted by Gasteiger charge is -2.27. The minimum Gasteiger partial charge on any atom is -0.383 e. The predicted molar refractivity (Wildman–Crippen MR) is 105 cm³/mol. The summed E-state index contributed by atoms with van der Waals surface area (Å²) in [6.07, 6.45) is 12.3. The van der Waals surface area contributed by atoms with Gasteiger partial charge in [-0.3, -0.25) is 9.78 Å². The van der Waals surface area contributed by atoms with Crippen LogP contribution in [0.5, 0.6) is 0 Å². The Hall–Kier alpha value is -2.41. The molecule has 0 bridgehead atoms. The van der Waals surface area contributed by atoms with Gasteiger partial charge in [0.1, 0.15) is 17.4 Å². The van der Waals surface area contributed by atoms with Crippen LogP contribution in [0.15, 0.2) is 36.1 Å². The summed E-state index contributed by atoms with van der Waals surface area (Å²) >= 11 is 1.42. The number of rotatable bonds is 5. The van der Waals surface area contributed by atoms with Crippen molar-refractivity contribution in [1.29, 1.82) is 0 Å². The van der Waals surface area contributed by atoms with E-state index in [1.807, 2.05) is 28.3 Å². The van der Waals surface area contributed by atoms with Gasteiger partial charge in [-0.2, -0.15) is 0 Å². The van der Waals surface area contributed by atoms with E-state index in [1.165, 1.54) is 43.4 Å². The van der Waals surface area contributed by atoms with Crippen LogP contribution in [0, 0.1) is 5.92 Å². The number of hydrogen-bond donors (Lipinski definition) is 2. The van der Waals surface area contributed by atoms with E-state index in [4.69, 9.17) is 5.73 Å². The number of nitrogens with zero attached hydrogens (tertiary/aromatic N) is 3. The van der Waals surface area contributed by atoms with Crippen LogP contribution in [0.4, 0.5) is 10.9 Å². The van der Waals surface area contributed by atoms with Crippen molar-refractivity contribution in [2.24, 2.45) is 5.92 Å². The maximum Gasteiger partial charge on any atom is 0.249 e. The Kier molecular flexibility index (Phi) is 4.88. The number of amides is 1. The molecule has 4 rings (SSSR count). The molecule has 3 heterocycles. The molecule has 1 amide bonds. The summed E-state index contributed by atoms with van der Waals surface area (Å²) in [7, 11) is 0. The van der Waals surface area contributed by atoms with Gasteiger partial charge in [0.15, 0.2) is 5.13 Å². The van der Waals surface area contributed by atoms with Crippen LogP contribution >= 0.6 is 11.3 Å². The number of nitrogens with one attached hydrogen (secondary N) is 1. The van der Waals surface area contributed by atoms with Gasteiger partial charge < -0.3 is 15.6 Å². The third-order valence-electron chi connectivity index (χ3n) is 5.22. The van der Waals surface area contributed by atoms with E-state index >= 15 is 0 Å². The molecule has 6 nitrogen and oxygen atoms in total. The highest BCUT2D eigenvalue weighted by molar-refractivity contribution is 7.13. The molecule has 1 aliphatic carbocycles. The second kappa shape index (κ2) is 7.45. The summed E-state index contributed by atoms with van der Waals surface area (Å²) < 4.78 is 1.90. The zero-order valence-corrected chi connectivity index (χ0v) is 15.4. The first kappa shape index (κ1) is 17.0. The van der Waals surface area contributed by atoms with E-state index in [1.54, 1.807) is 12.4 Å². The largest absolute Gasteiger partial charge is 0.383 e. The number of fused-ring (bicyclic) bond motifs is 1. The lowest BCUT2D eigenvalue weighted by molar-refractivity contribution is -0.119. The standard InChI is InChI=1S/C19H23N5OS/c20-17-16-14(7-4-8-21-16)12-24(17)15(11-13-5-2-1-3-6-13)18(25)23-19-22-9-10-26-19/h4,7-10,12-13,15H,1-3,5-6,11,20H2,(H,22,23,25). The molecular formula is C19H23N5OS. The van der Waals surface area contributed by atoms with E-state index in [0.717, 1.165) is 17.3 Å². The van der Waals surface area contributed by atoms with Crippen LogP contribution in [0.2, 0.25) is 0 Å². The second-order valence-electron chi connectivity index (χ2n) is 6.94. The number of hydrogen-bond acceptors (Lipinski definition) is 5. The lowest BCUT2D eigenvalue weighted by Crippen LogP contribution is -2.29.